The molecule has 232 valence electrons. The minimum Gasteiger partial charge on any atom is -0.347 e. The van der Waals surface area contributed by atoms with Gasteiger partial charge in [-0.15, -0.1) is 6.58 Å². The maximum Gasteiger partial charge on any atom is 0.0362 e. The minimum absolute atomic E-state index is 0.630. The van der Waals surface area contributed by atoms with E-state index >= 15 is 0 Å². The van der Waals surface area contributed by atoms with Crippen LogP contribution in [0.5, 0.6) is 0 Å². The van der Waals surface area contributed by atoms with Crippen LogP contribution in [0.1, 0.15) is 111 Å². The maximum atomic E-state index is 4.10. The second-order valence-corrected chi connectivity index (χ2v) is 12.1. The third-order valence-electron chi connectivity index (χ3n) is 8.52. The summed E-state index contributed by atoms with van der Waals surface area (Å²) in [4.78, 5) is 2.23. The SMILES string of the molecule is C=C1C=CC(C2CNC[C@H]2C)=C(CNCC)N1C.C=CC.CC1CCCCC1.CCCC(CCC)c1ccccc1. The summed E-state index contributed by atoms with van der Waals surface area (Å²) in [5.74, 6) is 3.16. The fourth-order valence-corrected chi connectivity index (χ4v) is 6.00. The van der Waals surface area contributed by atoms with Gasteiger partial charge >= 0.3 is 0 Å². The van der Waals surface area contributed by atoms with Crippen LogP contribution < -0.4 is 10.6 Å². The predicted molar refractivity (Wildman–Crippen MR) is 184 cm³/mol. The van der Waals surface area contributed by atoms with Crippen molar-refractivity contribution in [3.63, 3.8) is 0 Å². The average molecular weight is 564 g/mol. The lowest BCUT2D eigenvalue weighted by molar-refractivity contribution is 0.385. The first-order valence-electron chi connectivity index (χ1n) is 16.7. The molecule has 0 spiro atoms. The van der Waals surface area contributed by atoms with E-state index in [1.54, 1.807) is 6.08 Å². The van der Waals surface area contributed by atoms with Gasteiger partial charge < -0.3 is 15.5 Å². The molecule has 0 aromatic heterocycles. The Morgan fingerprint density at radius 2 is 1.59 bits per heavy atom. The van der Waals surface area contributed by atoms with Crippen LogP contribution in [0.15, 0.2) is 78.7 Å². The zero-order valence-electron chi connectivity index (χ0n) is 28.0. The monoisotopic (exact) mass is 564 g/mol. The molecule has 0 bridgehead atoms. The standard InChI is InChI=1S/C15H25N3.C13H20.C7H14.C3H6/c1-5-16-10-15-13(7-6-12(3)18(15)4)14-9-17-8-11(14)2;1-3-8-12(9-4-2)13-10-6-5-7-11-13;1-7-5-3-2-4-6-7;1-3-2/h6-7,11,14,16-17H,3,5,8-10H2,1-2,4H3;5-7,10-12H,3-4,8-9H2,1-2H3;7H,2-6H2,1H3;3H,1H2,2H3/t11-,14?;;;/m1.../s1. The van der Waals surface area contributed by atoms with E-state index in [4.69, 9.17) is 0 Å². The average Bonchev–Trinajstić information content (AvgIpc) is 3.41. The summed E-state index contributed by atoms with van der Waals surface area (Å²) in [6.45, 7) is 24.9. The molecule has 41 heavy (non-hydrogen) atoms. The molecule has 3 aliphatic rings. The van der Waals surface area contributed by atoms with E-state index in [1.165, 1.54) is 74.6 Å². The number of likely N-dealkylation sites (N-methyl/N-ethyl adjacent to an activating group) is 2. The zero-order valence-corrected chi connectivity index (χ0v) is 28.0. The van der Waals surface area contributed by atoms with E-state index in [1.807, 2.05) is 6.92 Å². The van der Waals surface area contributed by atoms with Gasteiger partial charge in [0, 0.05) is 37.4 Å². The Hall–Kier alpha value is -2.10. The molecule has 3 nitrogen and oxygen atoms in total. The summed E-state index contributed by atoms with van der Waals surface area (Å²) in [6, 6.07) is 10.9. The van der Waals surface area contributed by atoms with Crippen molar-refractivity contribution in [2.75, 3.05) is 33.2 Å². The molecular weight excluding hydrogens is 498 g/mol. The molecule has 1 aromatic carbocycles. The van der Waals surface area contributed by atoms with E-state index in [9.17, 15) is 0 Å². The molecule has 2 fully saturated rings. The van der Waals surface area contributed by atoms with Gasteiger partial charge in [0.05, 0.1) is 0 Å². The molecule has 2 aliphatic heterocycles. The molecule has 1 aliphatic carbocycles. The topological polar surface area (TPSA) is 27.3 Å². The Morgan fingerprint density at radius 3 is 2.05 bits per heavy atom. The van der Waals surface area contributed by atoms with Gasteiger partial charge in [0.1, 0.15) is 0 Å². The van der Waals surface area contributed by atoms with Crippen molar-refractivity contribution in [2.24, 2.45) is 17.8 Å². The molecule has 4 rings (SSSR count). The van der Waals surface area contributed by atoms with Gasteiger partial charge in [-0.25, -0.2) is 0 Å². The lowest BCUT2D eigenvalue weighted by atomic mass is 9.86. The quantitative estimate of drug-likeness (QED) is 0.293. The maximum absolute atomic E-state index is 4.10. The molecule has 1 saturated carbocycles. The Balaban J connectivity index is 0.000000318. The van der Waals surface area contributed by atoms with Crippen molar-refractivity contribution in [3.8, 4) is 0 Å². The summed E-state index contributed by atoms with van der Waals surface area (Å²) >= 11 is 0. The molecule has 2 atom stereocenters. The van der Waals surface area contributed by atoms with Gasteiger partial charge in [-0.3, -0.25) is 0 Å². The number of benzene rings is 1. The molecule has 3 heteroatoms. The number of nitrogens with zero attached hydrogens (tertiary/aromatic N) is 1. The molecule has 2 N–H and O–H groups in total. The van der Waals surface area contributed by atoms with Crippen LogP contribution in [0.3, 0.4) is 0 Å². The summed E-state index contributed by atoms with van der Waals surface area (Å²) in [5, 5.41) is 6.93. The van der Waals surface area contributed by atoms with Crippen molar-refractivity contribution < 1.29 is 0 Å². The Kier molecular flexibility index (Phi) is 20.3. The van der Waals surface area contributed by atoms with Crippen LogP contribution in [-0.4, -0.2) is 38.1 Å². The predicted octanol–water partition coefficient (Wildman–Crippen LogP) is 9.87. The van der Waals surface area contributed by atoms with E-state index in [2.05, 4.69) is 113 Å². The van der Waals surface area contributed by atoms with Crippen LogP contribution in [0.2, 0.25) is 0 Å². The van der Waals surface area contributed by atoms with Gasteiger partial charge in [0.25, 0.3) is 0 Å². The van der Waals surface area contributed by atoms with E-state index in [0.717, 1.165) is 43.7 Å². The van der Waals surface area contributed by atoms with Crippen LogP contribution in [-0.2, 0) is 0 Å². The Labute approximate surface area is 255 Å². The lowest BCUT2D eigenvalue weighted by Crippen LogP contribution is -2.31. The summed E-state index contributed by atoms with van der Waals surface area (Å²) < 4.78 is 0. The van der Waals surface area contributed by atoms with Crippen molar-refractivity contribution in [1.29, 1.82) is 0 Å². The van der Waals surface area contributed by atoms with Crippen LogP contribution >= 0.6 is 0 Å². The van der Waals surface area contributed by atoms with Crippen molar-refractivity contribution in [3.05, 3.63) is 84.2 Å². The van der Waals surface area contributed by atoms with Crippen LogP contribution in [0.25, 0.3) is 0 Å². The molecule has 0 amide bonds. The van der Waals surface area contributed by atoms with Gasteiger partial charge in [0.15, 0.2) is 0 Å². The Bertz CT molecular complexity index is 872. The highest BCUT2D eigenvalue weighted by Crippen LogP contribution is 2.32. The van der Waals surface area contributed by atoms with Crippen molar-refractivity contribution in [2.45, 2.75) is 105 Å². The molecule has 1 aromatic rings. The third kappa shape index (κ3) is 14.1. The van der Waals surface area contributed by atoms with Crippen molar-refractivity contribution >= 4 is 0 Å². The van der Waals surface area contributed by atoms with Gasteiger partial charge in [-0.1, -0.05) is 129 Å². The number of rotatable bonds is 9. The first-order chi connectivity index (χ1) is 19.8. The fraction of sp³-hybridized carbons (Fsp3) is 0.632. The highest BCUT2D eigenvalue weighted by atomic mass is 15.1. The van der Waals surface area contributed by atoms with Gasteiger partial charge in [0.2, 0.25) is 0 Å². The summed E-state index contributed by atoms with van der Waals surface area (Å²) in [6.07, 6.45) is 18.8. The fourth-order valence-electron chi connectivity index (χ4n) is 6.00. The summed E-state index contributed by atoms with van der Waals surface area (Å²) in [7, 11) is 2.12. The van der Waals surface area contributed by atoms with Crippen LogP contribution in [0.4, 0.5) is 0 Å². The number of hydrogen-bond acceptors (Lipinski definition) is 3. The first-order valence-corrected chi connectivity index (χ1v) is 16.7. The number of hydrogen-bond donors (Lipinski definition) is 2. The number of nitrogens with one attached hydrogen (secondary N) is 2. The first kappa shape index (κ1) is 36.9. The van der Waals surface area contributed by atoms with Crippen molar-refractivity contribution in [1.82, 2.24) is 15.5 Å². The third-order valence-corrected chi connectivity index (χ3v) is 8.52. The minimum atomic E-state index is 0.630. The van der Waals surface area contributed by atoms with Gasteiger partial charge in [-0.2, -0.15) is 0 Å². The number of allylic oxidation sites excluding steroid dienone is 3. The smallest absolute Gasteiger partial charge is 0.0362 e. The highest BCUT2D eigenvalue weighted by molar-refractivity contribution is 5.40. The largest absolute Gasteiger partial charge is 0.347 e. The van der Waals surface area contributed by atoms with Gasteiger partial charge in [-0.05, 0) is 67.8 Å². The van der Waals surface area contributed by atoms with Crippen LogP contribution in [0, 0.1) is 17.8 Å². The molecule has 0 radical (unpaired) electrons. The molecular formula is C38H65N3. The summed E-state index contributed by atoms with van der Waals surface area (Å²) in [5.41, 5.74) is 5.45. The lowest BCUT2D eigenvalue weighted by Gasteiger charge is -2.32. The normalized spacial score (nSPS) is 20.5. The van der Waals surface area contributed by atoms with E-state index < -0.39 is 0 Å². The highest BCUT2D eigenvalue weighted by Gasteiger charge is 2.29. The van der Waals surface area contributed by atoms with E-state index in [0.29, 0.717) is 11.8 Å². The molecule has 1 unspecified atom stereocenters. The van der Waals surface area contributed by atoms with E-state index in [-0.39, 0.29) is 0 Å². The molecule has 2 heterocycles. The molecule has 1 saturated heterocycles. The zero-order chi connectivity index (χ0) is 30.5. The second-order valence-electron chi connectivity index (χ2n) is 12.1. The Morgan fingerprint density at radius 1 is 0.976 bits per heavy atom. The second kappa shape index (κ2) is 22.5.